The number of rotatable bonds is 6. The van der Waals surface area contributed by atoms with Crippen molar-refractivity contribution in [1.82, 2.24) is 5.32 Å². The van der Waals surface area contributed by atoms with E-state index in [1.807, 2.05) is 12.1 Å². The Hall–Kier alpha value is -2.92. The summed E-state index contributed by atoms with van der Waals surface area (Å²) < 4.78 is 18.4. The Labute approximate surface area is 144 Å². The highest BCUT2D eigenvalue weighted by molar-refractivity contribution is 5.96. The molecule has 3 aromatic carbocycles. The molecule has 0 aliphatic rings. The number of nitrogens with one attached hydrogen (secondary N) is 1. The number of carboxylic acids is 1. The van der Waals surface area contributed by atoms with Gasteiger partial charge in [-0.05, 0) is 46.7 Å². The van der Waals surface area contributed by atoms with E-state index >= 15 is 0 Å². The van der Waals surface area contributed by atoms with Gasteiger partial charge in [-0.15, -0.1) is 0 Å². The molecule has 0 fully saturated rings. The lowest BCUT2D eigenvalue weighted by molar-refractivity contribution is 0.0697. The van der Waals surface area contributed by atoms with Crippen molar-refractivity contribution in [3.63, 3.8) is 0 Å². The fraction of sp³-hybridized carbons (Fsp3) is 0.150. The number of carboxylic acid groups (broad SMARTS) is 1. The molecule has 0 amide bonds. The van der Waals surface area contributed by atoms with Crippen molar-refractivity contribution in [1.29, 1.82) is 0 Å². The minimum Gasteiger partial charge on any atom is -0.496 e. The Morgan fingerprint density at radius 1 is 1.08 bits per heavy atom. The van der Waals surface area contributed by atoms with Gasteiger partial charge in [0, 0.05) is 18.7 Å². The summed E-state index contributed by atoms with van der Waals surface area (Å²) in [5.74, 6) is -0.468. The van der Waals surface area contributed by atoms with E-state index in [0.717, 1.165) is 27.6 Å². The van der Waals surface area contributed by atoms with Crippen LogP contribution in [0.3, 0.4) is 0 Å². The van der Waals surface area contributed by atoms with Gasteiger partial charge in [0.05, 0.1) is 12.7 Å². The molecule has 5 heteroatoms. The Morgan fingerprint density at radius 3 is 2.52 bits per heavy atom. The fourth-order valence-corrected chi connectivity index (χ4v) is 2.81. The fourth-order valence-electron chi connectivity index (χ4n) is 2.81. The van der Waals surface area contributed by atoms with Gasteiger partial charge in [-0.3, -0.25) is 0 Å². The SMILES string of the molecule is COc1ccc2cc(C(=O)O)ccc2c1CNCc1ccc(F)cc1. The monoisotopic (exact) mass is 339 g/mol. The van der Waals surface area contributed by atoms with Crippen LogP contribution in [0.15, 0.2) is 54.6 Å². The molecule has 3 rings (SSSR count). The maximum Gasteiger partial charge on any atom is 0.335 e. The van der Waals surface area contributed by atoms with E-state index < -0.39 is 5.97 Å². The van der Waals surface area contributed by atoms with E-state index in [2.05, 4.69) is 5.32 Å². The quantitative estimate of drug-likeness (QED) is 0.713. The van der Waals surface area contributed by atoms with Crippen LogP contribution in [0.5, 0.6) is 5.75 Å². The van der Waals surface area contributed by atoms with E-state index in [9.17, 15) is 9.18 Å². The summed E-state index contributed by atoms with van der Waals surface area (Å²) in [6.45, 7) is 1.14. The first-order valence-electron chi connectivity index (χ1n) is 7.86. The van der Waals surface area contributed by atoms with Gasteiger partial charge in [0.2, 0.25) is 0 Å². The smallest absolute Gasteiger partial charge is 0.335 e. The molecule has 3 aromatic rings. The average molecular weight is 339 g/mol. The van der Waals surface area contributed by atoms with Crippen LogP contribution >= 0.6 is 0 Å². The van der Waals surface area contributed by atoms with E-state index in [1.54, 1.807) is 37.4 Å². The molecule has 0 aromatic heterocycles. The first kappa shape index (κ1) is 16.9. The minimum atomic E-state index is -0.950. The van der Waals surface area contributed by atoms with E-state index in [-0.39, 0.29) is 11.4 Å². The van der Waals surface area contributed by atoms with Crippen molar-refractivity contribution in [2.45, 2.75) is 13.1 Å². The molecule has 0 radical (unpaired) electrons. The van der Waals surface area contributed by atoms with Gasteiger partial charge >= 0.3 is 5.97 Å². The van der Waals surface area contributed by atoms with Crippen molar-refractivity contribution in [2.24, 2.45) is 0 Å². The van der Waals surface area contributed by atoms with Crippen LogP contribution in [0.4, 0.5) is 4.39 Å². The Kier molecular flexibility index (Phi) is 4.95. The summed E-state index contributed by atoms with van der Waals surface area (Å²) in [4.78, 5) is 11.1. The van der Waals surface area contributed by atoms with Gasteiger partial charge < -0.3 is 15.2 Å². The van der Waals surface area contributed by atoms with Gasteiger partial charge in [0.15, 0.2) is 0 Å². The number of hydrogen-bond acceptors (Lipinski definition) is 3. The lowest BCUT2D eigenvalue weighted by Crippen LogP contribution is -2.14. The van der Waals surface area contributed by atoms with E-state index in [0.29, 0.717) is 13.1 Å². The third kappa shape index (κ3) is 3.78. The second-order valence-electron chi connectivity index (χ2n) is 5.72. The van der Waals surface area contributed by atoms with Gasteiger partial charge in [0.25, 0.3) is 0 Å². The summed E-state index contributed by atoms with van der Waals surface area (Å²) in [6, 6.07) is 15.1. The van der Waals surface area contributed by atoms with Crippen LogP contribution in [-0.4, -0.2) is 18.2 Å². The molecule has 0 aliphatic heterocycles. The first-order chi connectivity index (χ1) is 12.1. The predicted octanol–water partition coefficient (Wildman–Crippen LogP) is 3.98. The highest BCUT2D eigenvalue weighted by atomic mass is 19.1. The molecule has 0 unspecified atom stereocenters. The van der Waals surface area contributed by atoms with Crippen molar-refractivity contribution in [3.05, 3.63) is 77.1 Å². The minimum absolute atomic E-state index is 0.253. The molecule has 25 heavy (non-hydrogen) atoms. The van der Waals surface area contributed by atoms with E-state index in [4.69, 9.17) is 9.84 Å². The van der Waals surface area contributed by atoms with Gasteiger partial charge in [-0.25, -0.2) is 9.18 Å². The zero-order valence-electron chi connectivity index (χ0n) is 13.8. The number of benzene rings is 3. The lowest BCUT2D eigenvalue weighted by Gasteiger charge is -2.13. The zero-order chi connectivity index (χ0) is 17.8. The van der Waals surface area contributed by atoms with Crippen molar-refractivity contribution in [2.75, 3.05) is 7.11 Å². The Balaban J connectivity index is 1.85. The van der Waals surface area contributed by atoms with Crippen LogP contribution in [0, 0.1) is 5.82 Å². The second kappa shape index (κ2) is 7.32. The summed E-state index contributed by atoms with van der Waals surface area (Å²) in [6.07, 6.45) is 0. The molecule has 0 bridgehead atoms. The number of ether oxygens (including phenoxy) is 1. The number of hydrogen-bond donors (Lipinski definition) is 2. The molecule has 2 N–H and O–H groups in total. The molecule has 0 heterocycles. The number of halogens is 1. The predicted molar refractivity (Wildman–Crippen MR) is 94.4 cm³/mol. The van der Waals surface area contributed by atoms with Crippen LogP contribution in [0.2, 0.25) is 0 Å². The third-order valence-corrected chi connectivity index (χ3v) is 4.10. The third-order valence-electron chi connectivity index (χ3n) is 4.10. The molecular formula is C20H18FNO3. The van der Waals surface area contributed by atoms with Crippen LogP contribution in [-0.2, 0) is 13.1 Å². The molecule has 0 saturated heterocycles. The molecule has 0 spiro atoms. The number of methoxy groups -OCH3 is 1. The Bertz CT molecular complexity index is 907. The van der Waals surface area contributed by atoms with Gasteiger partial charge in [0.1, 0.15) is 11.6 Å². The molecule has 0 atom stereocenters. The largest absolute Gasteiger partial charge is 0.496 e. The molecular weight excluding hydrogens is 321 g/mol. The summed E-state index contributed by atoms with van der Waals surface area (Å²) >= 11 is 0. The number of aromatic carboxylic acids is 1. The highest BCUT2D eigenvalue weighted by Crippen LogP contribution is 2.29. The van der Waals surface area contributed by atoms with Crippen molar-refractivity contribution in [3.8, 4) is 5.75 Å². The van der Waals surface area contributed by atoms with Crippen LogP contribution in [0.25, 0.3) is 10.8 Å². The van der Waals surface area contributed by atoms with Gasteiger partial charge in [-0.2, -0.15) is 0 Å². The summed E-state index contributed by atoms with van der Waals surface area (Å²) in [5.41, 5.74) is 2.19. The average Bonchev–Trinajstić information content (AvgIpc) is 2.62. The van der Waals surface area contributed by atoms with Crippen molar-refractivity contribution >= 4 is 16.7 Å². The normalized spacial score (nSPS) is 10.8. The van der Waals surface area contributed by atoms with E-state index in [1.165, 1.54) is 12.1 Å². The molecule has 128 valence electrons. The molecule has 0 aliphatic carbocycles. The standard InChI is InChI=1S/C20H18FNO3/c1-25-19-9-5-14-10-15(20(23)24)4-8-17(14)18(19)12-22-11-13-2-6-16(21)7-3-13/h2-10,22H,11-12H2,1H3,(H,23,24). The zero-order valence-corrected chi connectivity index (χ0v) is 13.8. The molecule has 4 nitrogen and oxygen atoms in total. The second-order valence-corrected chi connectivity index (χ2v) is 5.72. The van der Waals surface area contributed by atoms with Gasteiger partial charge in [-0.1, -0.05) is 24.3 Å². The number of fused-ring (bicyclic) bond motifs is 1. The lowest BCUT2D eigenvalue weighted by atomic mass is 10.0. The molecule has 0 saturated carbocycles. The van der Waals surface area contributed by atoms with Crippen LogP contribution < -0.4 is 10.1 Å². The van der Waals surface area contributed by atoms with Crippen LogP contribution in [0.1, 0.15) is 21.5 Å². The highest BCUT2D eigenvalue weighted by Gasteiger charge is 2.11. The maximum absolute atomic E-state index is 13.0. The summed E-state index contributed by atoms with van der Waals surface area (Å²) in [7, 11) is 1.61. The maximum atomic E-state index is 13.0. The van der Waals surface area contributed by atoms with Crippen molar-refractivity contribution < 1.29 is 19.0 Å². The first-order valence-corrected chi connectivity index (χ1v) is 7.86. The number of carbonyl (C=O) groups is 1. The Morgan fingerprint density at radius 2 is 1.84 bits per heavy atom. The topological polar surface area (TPSA) is 58.6 Å². The summed E-state index contributed by atoms with van der Waals surface area (Å²) in [5, 5.41) is 14.2.